The van der Waals surface area contributed by atoms with E-state index in [2.05, 4.69) is 25.8 Å². The minimum Gasteiger partial charge on any atom is -0.373 e. The number of morpholine rings is 1. The van der Waals surface area contributed by atoms with E-state index in [1.807, 2.05) is 0 Å². The lowest BCUT2D eigenvalue weighted by Crippen LogP contribution is -2.48. The van der Waals surface area contributed by atoms with Gasteiger partial charge in [0.25, 0.3) is 0 Å². The Morgan fingerprint density at radius 2 is 2.05 bits per heavy atom. The van der Waals surface area contributed by atoms with Gasteiger partial charge < -0.3 is 20.1 Å². The van der Waals surface area contributed by atoms with Crippen LogP contribution in [0.4, 0.5) is 0 Å². The topological polar surface area (TPSA) is 47.7 Å². The van der Waals surface area contributed by atoms with Crippen LogP contribution in [-0.2, 0) is 9.47 Å². The minimum atomic E-state index is -0.0925. The summed E-state index contributed by atoms with van der Waals surface area (Å²) in [5.74, 6) is 1.62. The van der Waals surface area contributed by atoms with Crippen molar-refractivity contribution in [2.24, 2.45) is 17.6 Å². The fourth-order valence-electron chi connectivity index (χ4n) is 3.48. The van der Waals surface area contributed by atoms with Crippen LogP contribution in [0, 0.1) is 11.8 Å². The molecular weight excluding hydrogens is 252 g/mol. The summed E-state index contributed by atoms with van der Waals surface area (Å²) < 4.78 is 12.0. The van der Waals surface area contributed by atoms with E-state index in [4.69, 9.17) is 15.2 Å². The van der Waals surface area contributed by atoms with E-state index in [0.29, 0.717) is 13.2 Å². The zero-order valence-corrected chi connectivity index (χ0v) is 13.4. The van der Waals surface area contributed by atoms with E-state index >= 15 is 0 Å². The van der Waals surface area contributed by atoms with Crippen LogP contribution in [0.25, 0.3) is 0 Å². The Hall–Kier alpha value is -0.160. The first-order chi connectivity index (χ1) is 9.54. The highest BCUT2D eigenvalue weighted by atomic mass is 16.5. The number of rotatable bonds is 5. The van der Waals surface area contributed by atoms with Gasteiger partial charge in [-0.25, -0.2) is 0 Å². The fourth-order valence-corrected chi connectivity index (χ4v) is 3.48. The smallest absolute Gasteiger partial charge is 0.0935 e. The zero-order chi connectivity index (χ0) is 14.6. The van der Waals surface area contributed by atoms with Crippen LogP contribution in [-0.4, -0.2) is 56.5 Å². The summed E-state index contributed by atoms with van der Waals surface area (Å²) in [7, 11) is 2.14. The van der Waals surface area contributed by atoms with Crippen molar-refractivity contribution in [1.82, 2.24) is 4.90 Å². The monoisotopic (exact) mass is 284 g/mol. The zero-order valence-electron chi connectivity index (χ0n) is 13.4. The van der Waals surface area contributed by atoms with Gasteiger partial charge in [-0.3, -0.25) is 0 Å². The molecule has 1 unspecified atom stereocenters. The van der Waals surface area contributed by atoms with E-state index in [1.54, 1.807) is 0 Å². The number of hydrogen-bond donors (Lipinski definition) is 1. The average molecular weight is 284 g/mol. The lowest BCUT2D eigenvalue weighted by Gasteiger charge is -2.42. The van der Waals surface area contributed by atoms with E-state index in [9.17, 15) is 0 Å². The molecule has 1 atom stereocenters. The second kappa shape index (κ2) is 7.21. The van der Waals surface area contributed by atoms with E-state index < -0.39 is 0 Å². The normalized spacial score (nSPS) is 36.5. The maximum Gasteiger partial charge on any atom is 0.0935 e. The van der Waals surface area contributed by atoms with Gasteiger partial charge in [0.2, 0.25) is 0 Å². The summed E-state index contributed by atoms with van der Waals surface area (Å²) in [6, 6.07) is 0. The molecule has 1 saturated heterocycles. The molecule has 0 bridgehead atoms. The Morgan fingerprint density at radius 1 is 1.35 bits per heavy atom. The Bertz CT molecular complexity index is 288. The highest BCUT2D eigenvalue weighted by Gasteiger charge is 2.36. The van der Waals surface area contributed by atoms with Crippen molar-refractivity contribution < 1.29 is 9.47 Å². The quantitative estimate of drug-likeness (QED) is 0.837. The van der Waals surface area contributed by atoms with Gasteiger partial charge in [-0.1, -0.05) is 13.8 Å². The van der Waals surface area contributed by atoms with Crippen LogP contribution >= 0.6 is 0 Å². The third-order valence-corrected chi connectivity index (χ3v) is 5.17. The van der Waals surface area contributed by atoms with Crippen molar-refractivity contribution in [3.8, 4) is 0 Å². The molecule has 1 aliphatic heterocycles. The number of nitrogens with zero attached hydrogens (tertiary/aromatic N) is 1. The molecule has 2 N–H and O–H groups in total. The first kappa shape index (κ1) is 16.2. The van der Waals surface area contributed by atoms with Crippen molar-refractivity contribution in [3.63, 3.8) is 0 Å². The number of nitrogens with two attached hydrogens (primary N) is 1. The molecule has 1 saturated carbocycles. The maximum absolute atomic E-state index is 6.26. The second-order valence-corrected chi connectivity index (χ2v) is 7.03. The van der Waals surface area contributed by atoms with Crippen LogP contribution in [0.1, 0.15) is 39.5 Å². The summed E-state index contributed by atoms with van der Waals surface area (Å²) in [5.41, 5.74) is 5.93. The third kappa shape index (κ3) is 4.17. The van der Waals surface area contributed by atoms with Gasteiger partial charge in [-0.15, -0.1) is 0 Å². The van der Waals surface area contributed by atoms with Crippen LogP contribution in [0.3, 0.4) is 0 Å². The van der Waals surface area contributed by atoms with Gasteiger partial charge in [-0.05, 0) is 44.6 Å². The lowest BCUT2D eigenvalue weighted by atomic mass is 9.74. The molecule has 0 aromatic rings. The molecule has 1 heterocycles. The van der Waals surface area contributed by atoms with Crippen LogP contribution < -0.4 is 5.73 Å². The van der Waals surface area contributed by atoms with E-state index in [-0.39, 0.29) is 11.7 Å². The maximum atomic E-state index is 6.26. The van der Waals surface area contributed by atoms with Gasteiger partial charge in [-0.2, -0.15) is 0 Å². The Morgan fingerprint density at radius 3 is 2.60 bits per heavy atom. The summed E-state index contributed by atoms with van der Waals surface area (Å²) in [4.78, 5) is 2.31. The molecule has 2 rings (SSSR count). The molecule has 0 aromatic carbocycles. The molecule has 0 radical (unpaired) electrons. The fraction of sp³-hybridized carbons (Fsp3) is 1.00. The van der Waals surface area contributed by atoms with Crippen molar-refractivity contribution in [1.29, 1.82) is 0 Å². The summed E-state index contributed by atoms with van der Waals surface area (Å²) in [6.45, 7) is 8.78. The molecule has 20 heavy (non-hydrogen) atoms. The summed E-state index contributed by atoms with van der Waals surface area (Å²) in [5, 5.41) is 0. The number of hydrogen-bond acceptors (Lipinski definition) is 4. The summed E-state index contributed by atoms with van der Waals surface area (Å²) >= 11 is 0. The Kier molecular flexibility index (Phi) is 5.84. The van der Waals surface area contributed by atoms with Gasteiger partial charge in [0.15, 0.2) is 0 Å². The van der Waals surface area contributed by atoms with E-state index in [1.165, 1.54) is 12.8 Å². The van der Waals surface area contributed by atoms with Gasteiger partial charge in [0.1, 0.15) is 0 Å². The first-order valence-electron chi connectivity index (χ1n) is 8.19. The Labute approximate surface area is 124 Å². The third-order valence-electron chi connectivity index (χ3n) is 5.17. The standard InChI is InChI=1S/C16H32N2O2/c1-13(2)14-4-6-16(12-17,7-5-14)20-11-15-10-18(3)8-9-19-15/h13-15H,4-12,17H2,1-3H3. The van der Waals surface area contributed by atoms with E-state index in [0.717, 1.165) is 44.4 Å². The Balaban J connectivity index is 1.80. The average Bonchev–Trinajstić information content (AvgIpc) is 2.45. The molecule has 4 nitrogen and oxygen atoms in total. The predicted molar refractivity (Wildman–Crippen MR) is 81.8 cm³/mol. The van der Waals surface area contributed by atoms with Crippen molar-refractivity contribution in [2.45, 2.75) is 51.2 Å². The van der Waals surface area contributed by atoms with Crippen molar-refractivity contribution >= 4 is 0 Å². The van der Waals surface area contributed by atoms with Gasteiger partial charge in [0, 0.05) is 19.6 Å². The molecule has 0 spiro atoms. The van der Waals surface area contributed by atoms with Crippen molar-refractivity contribution in [2.75, 3.05) is 39.9 Å². The predicted octanol–water partition coefficient (Wildman–Crippen LogP) is 1.88. The van der Waals surface area contributed by atoms with Crippen LogP contribution in [0.5, 0.6) is 0 Å². The molecule has 118 valence electrons. The lowest BCUT2D eigenvalue weighted by molar-refractivity contribution is -0.129. The first-order valence-corrected chi connectivity index (χ1v) is 8.19. The molecule has 4 heteroatoms. The molecule has 1 aliphatic carbocycles. The van der Waals surface area contributed by atoms with Crippen molar-refractivity contribution in [3.05, 3.63) is 0 Å². The van der Waals surface area contributed by atoms with Gasteiger partial charge >= 0.3 is 0 Å². The SMILES string of the molecule is CC(C)C1CCC(CN)(OCC2CN(C)CCO2)CC1. The summed E-state index contributed by atoms with van der Waals surface area (Å²) in [6.07, 6.45) is 4.92. The molecule has 2 fully saturated rings. The van der Waals surface area contributed by atoms with Crippen LogP contribution in [0.2, 0.25) is 0 Å². The molecular formula is C16H32N2O2. The molecule has 0 aromatic heterocycles. The highest BCUT2D eigenvalue weighted by molar-refractivity contribution is 4.89. The highest BCUT2D eigenvalue weighted by Crippen LogP contribution is 2.37. The number of likely N-dealkylation sites (N-methyl/N-ethyl adjacent to an activating group) is 1. The molecule has 0 amide bonds. The largest absolute Gasteiger partial charge is 0.373 e. The number of ether oxygens (including phenoxy) is 2. The molecule has 2 aliphatic rings. The minimum absolute atomic E-state index is 0.0925. The second-order valence-electron chi connectivity index (χ2n) is 7.03. The van der Waals surface area contributed by atoms with Crippen LogP contribution in [0.15, 0.2) is 0 Å². The van der Waals surface area contributed by atoms with Gasteiger partial charge in [0.05, 0.1) is 24.9 Å².